The van der Waals surface area contributed by atoms with Crippen molar-refractivity contribution in [2.75, 3.05) is 13.2 Å². The molecule has 1 aromatic heterocycles. The van der Waals surface area contributed by atoms with E-state index < -0.39 is 0 Å². The van der Waals surface area contributed by atoms with Crippen LogP contribution in [-0.4, -0.2) is 35.5 Å². The molecule has 0 amide bonds. The molecule has 2 aliphatic rings. The molecular formula is C13H17NO3. The SMILES string of the molecule is OC[C@H]1[C@@H](/C=C\c2ccoc2)ON2CCC[C@@H]12. The van der Waals surface area contributed by atoms with E-state index in [0.717, 1.165) is 18.5 Å². The zero-order valence-electron chi connectivity index (χ0n) is 9.66. The van der Waals surface area contributed by atoms with Gasteiger partial charge in [0, 0.05) is 24.1 Å². The molecule has 2 fully saturated rings. The Morgan fingerprint density at radius 3 is 3.24 bits per heavy atom. The fourth-order valence-electron chi connectivity index (χ4n) is 2.76. The van der Waals surface area contributed by atoms with Gasteiger partial charge in [-0.1, -0.05) is 12.2 Å². The fraction of sp³-hybridized carbons (Fsp3) is 0.538. The highest BCUT2D eigenvalue weighted by Gasteiger charge is 2.43. The highest BCUT2D eigenvalue weighted by molar-refractivity contribution is 5.47. The van der Waals surface area contributed by atoms with Crippen molar-refractivity contribution >= 4 is 6.08 Å². The first kappa shape index (κ1) is 11.0. The third-order valence-electron chi connectivity index (χ3n) is 3.65. The van der Waals surface area contributed by atoms with Crippen LogP contribution < -0.4 is 0 Å². The first-order valence-electron chi connectivity index (χ1n) is 6.13. The summed E-state index contributed by atoms with van der Waals surface area (Å²) in [6.45, 7) is 1.17. The van der Waals surface area contributed by atoms with Crippen LogP contribution in [0.25, 0.3) is 6.08 Å². The predicted molar refractivity (Wildman–Crippen MR) is 62.9 cm³/mol. The minimum absolute atomic E-state index is 0.0137. The molecule has 1 N–H and O–H groups in total. The van der Waals surface area contributed by atoms with E-state index in [1.54, 1.807) is 12.5 Å². The van der Waals surface area contributed by atoms with Crippen LogP contribution in [0.1, 0.15) is 18.4 Å². The van der Waals surface area contributed by atoms with Gasteiger partial charge in [-0.25, -0.2) is 0 Å². The van der Waals surface area contributed by atoms with E-state index in [4.69, 9.17) is 9.25 Å². The molecule has 4 nitrogen and oxygen atoms in total. The Balaban J connectivity index is 1.71. The smallest absolute Gasteiger partial charge is 0.104 e. The lowest BCUT2D eigenvalue weighted by molar-refractivity contribution is -0.135. The number of aliphatic hydroxyl groups excluding tert-OH is 1. The van der Waals surface area contributed by atoms with Gasteiger partial charge in [0.25, 0.3) is 0 Å². The number of fused-ring (bicyclic) bond motifs is 1. The molecule has 0 bridgehead atoms. The zero-order valence-corrected chi connectivity index (χ0v) is 9.66. The van der Waals surface area contributed by atoms with Crippen molar-refractivity contribution < 1.29 is 14.4 Å². The number of hydrogen-bond acceptors (Lipinski definition) is 4. The monoisotopic (exact) mass is 235 g/mol. The van der Waals surface area contributed by atoms with Crippen LogP contribution in [0.5, 0.6) is 0 Å². The van der Waals surface area contributed by atoms with Crippen molar-refractivity contribution in [1.29, 1.82) is 0 Å². The molecule has 0 saturated carbocycles. The maximum absolute atomic E-state index is 9.48. The molecule has 0 spiro atoms. The summed E-state index contributed by atoms with van der Waals surface area (Å²) in [6.07, 6.45) is 9.63. The molecule has 92 valence electrons. The maximum atomic E-state index is 9.48. The summed E-state index contributed by atoms with van der Waals surface area (Å²) >= 11 is 0. The average molecular weight is 235 g/mol. The molecule has 2 aliphatic heterocycles. The summed E-state index contributed by atoms with van der Waals surface area (Å²) in [7, 11) is 0. The first-order chi connectivity index (χ1) is 8.38. The van der Waals surface area contributed by atoms with Crippen molar-refractivity contribution in [3.63, 3.8) is 0 Å². The van der Waals surface area contributed by atoms with Crippen molar-refractivity contribution in [2.45, 2.75) is 25.0 Å². The van der Waals surface area contributed by atoms with E-state index in [0.29, 0.717) is 6.04 Å². The quantitative estimate of drug-likeness (QED) is 0.865. The molecule has 0 aromatic carbocycles. The molecule has 17 heavy (non-hydrogen) atoms. The molecule has 0 radical (unpaired) electrons. The van der Waals surface area contributed by atoms with E-state index >= 15 is 0 Å². The molecule has 2 saturated heterocycles. The molecule has 1 aromatic rings. The van der Waals surface area contributed by atoms with Gasteiger partial charge in [0.2, 0.25) is 0 Å². The van der Waals surface area contributed by atoms with Crippen LogP contribution in [0.4, 0.5) is 0 Å². The topological polar surface area (TPSA) is 45.8 Å². The molecule has 4 heteroatoms. The number of hydrogen-bond donors (Lipinski definition) is 1. The van der Waals surface area contributed by atoms with Gasteiger partial charge in [-0.2, -0.15) is 5.06 Å². The summed E-state index contributed by atoms with van der Waals surface area (Å²) in [5, 5.41) is 11.5. The van der Waals surface area contributed by atoms with Gasteiger partial charge < -0.3 is 9.52 Å². The second-order valence-electron chi connectivity index (χ2n) is 4.68. The highest BCUT2D eigenvalue weighted by atomic mass is 16.7. The van der Waals surface area contributed by atoms with E-state index in [2.05, 4.69) is 0 Å². The summed E-state index contributed by atoms with van der Waals surface area (Å²) in [5.74, 6) is 0.195. The number of aliphatic hydroxyl groups is 1. The zero-order chi connectivity index (χ0) is 11.7. The Labute approximate surface area is 100 Å². The van der Waals surface area contributed by atoms with Crippen molar-refractivity contribution in [3.05, 3.63) is 30.2 Å². The molecule has 3 atom stereocenters. The minimum Gasteiger partial charge on any atom is -0.472 e. The van der Waals surface area contributed by atoms with Gasteiger partial charge in [0.05, 0.1) is 19.1 Å². The normalized spacial score (nSPS) is 33.6. The largest absolute Gasteiger partial charge is 0.472 e. The van der Waals surface area contributed by atoms with Gasteiger partial charge in [-0.05, 0) is 18.9 Å². The molecule has 3 rings (SSSR count). The Kier molecular flexibility index (Phi) is 3.01. The number of furan rings is 1. The minimum atomic E-state index is -0.0137. The average Bonchev–Trinajstić information content (AvgIpc) is 3.02. The van der Waals surface area contributed by atoms with Crippen LogP contribution in [0.15, 0.2) is 29.1 Å². The van der Waals surface area contributed by atoms with Crippen LogP contribution in [0.3, 0.4) is 0 Å². The highest BCUT2D eigenvalue weighted by Crippen LogP contribution is 2.35. The van der Waals surface area contributed by atoms with Crippen LogP contribution in [-0.2, 0) is 4.84 Å². The van der Waals surface area contributed by atoms with Gasteiger partial charge in [0.1, 0.15) is 6.10 Å². The van der Waals surface area contributed by atoms with Crippen molar-refractivity contribution in [2.24, 2.45) is 5.92 Å². The van der Waals surface area contributed by atoms with Crippen LogP contribution >= 0.6 is 0 Å². The summed E-state index contributed by atoms with van der Waals surface area (Å²) in [4.78, 5) is 5.84. The molecule has 3 heterocycles. The lowest BCUT2D eigenvalue weighted by atomic mass is 9.94. The van der Waals surface area contributed by atoms with Gasteiger partial charge in [0.15, 0.2) is 0 Å². The standard InChI is InChI=1S/C13H17NO3/c15-8-11-12-2-1-6-14(12)17-13(11)4-3-10-5-7-16-9-10/h3-5,7,9,11-13,15H,1-2,6,8H2/b4-3-/t11-,12+,13-/m1/s1. The lowest BCUT2D eigenvalue weighted by Crippen LogP contribution is -2.28. The number of hydroxylamine groups is 2. The van der Waals surface area contributed by atoms with Crippen LogP contribution in [0.2, 0.25) is 0 Å². The van der Waals surface area contributed by atoms with E-state index in [9.17, 15) is 5.11 Å². The predicted octanol–water partition coefficient (Wildman–Crippen LogP) is 1.68. The third-order valence-corrected chi connectivity index (χ3v) is 3.65. The number of nitrogens with zero attached hydrogens (tertiary/aromatic N) is 1. The third kappa shape index (κ3) is 2.04. The Morgan fingerprint density at radius 2 is 2.47 bits per heavy atom. The Morgan fingerprint density at radius 1 is 1.53 bits per heavy atom. The van der Waals surface area contributed by atoms with Gasteiger partial charge in [-0.15, -0.1) is 0 Å². The molecule has 0 aliphatic carbocycles. The van der Waals surface area contributed by atoms with E-state index in [1.165, 1.54) is 6.42 Å². The number of rotatable bonds is 3. The van der Waals surface area contributed by atoms with E-state index in [-0.39, 0.29) is 18.6 Å². The maximum Gasteiger partial charge on any atom is 0.104 e. The van der Waals surface area contributed by atoms with Gasteiger partial charge >= 0.3 is 0 Å². The first-order valence-corrected chi connectivity index (χ1v) is 6.13. The second kappa shape index (κ2) is 4.64. The Hall–Kier alpha value is -1.10. The summed E-state index contributed by atoms with van der Waals surface area (Å²) < 4.78 is 5.01. The van der Waals surface area contributed by atoms with Crippen molar-refractivity contribution in [1.82, 2.24) is 5.06 Å². The molecular weight excluding hydrogens is 218 g/mol. The second-order valence-corrected chi connectivity index (χ2v) is 4.68. The van der Waals surface area contributed by atoms with Gasteiger partial charge in [-0.3, -0.25) is 4.84 Å². The lowest BCUT2D eigenvalue weighted by Gasteiger charge is -2.15. The molecule has 0 unspecified atom stereocenters. The summed E-state index contributed by atoms with van der Waals surface area (Å²) in [5.41, 5.74) is 1.03. The van der Waals surface area contributed by atoms with Crippen molar-refractivity contribution in [3.8, 4) is 0 Å². The fourth-order valence-corrected chi connectivity index (χ4v) is 2.76. The van der Waals surface area contributed by atoms with E-state index in [1.807, 2.05) is 23.3 Å². The Bertz CT molecular complexity index is 387. The van der Waals surface area contributed by atoms with Crippen LogP contribution in [0, 0.1) is 5.92 Å². The summed E-state index contributed by atoms with van der Waals surface area (Å²) in [6, 6.07) is 2.29.